The Kier molecular flexibility index (Phi) is 6.21. The SMILES string of the molecule is CCCOc1ccccc1C(=O)C(OCC)C(C)(C)C. The highest BCUT2D eigenvalue weighted by Crippen LogP contribution is 2.29. The van der Waals surface area contributed by atoms with Crippen molar-refractivity contribution < 1.29 is 14.3 Å². The first-order valence-corrected chi connectivity index (χ1v) is 7.29. The van der Waals surface area contributed by atoms with Gasteiger partial charge in [-0.1, -0.05) is 39.8 Å². The van der Waals surface area contributed by atoms with Gasteiger partial charge in [0.05, 0.1) is 12.2 Å². The third-order valence-electron chi connectivity index (χ3n) is 2.97. The van der Waals surface area contributed by atoms with E-state index in [9.17, 15) is 4.79 Å². The van der Waals surface area contributed by atoms with E-state index in [2.05, 4.69) is 0 Å². The van der Waals surface area contributed by atoms with Crippen molar-refractivity contribution in [1.82, 2.24) is 0 Å². The van der Waals surface area contributed by atoms with Crippen LogP contribution in [0.5, 0.6) is 5.75 Å². The maximum absolute atomic E-state index is 12.8. The highest BCUT2D eigenvalue weighted by molar-refractivity contribution is 6.02. The zero-order valence-electron chi connectivity index (χ0n) is 13.2. The van der Waals surface area contributed by atoms with Gasteiger partial charge in [0.15, 0.2) is 5.78 Å². The predicted octanol–water partition coefficient (Wildman–Crippen LogP) is 4.11. The fourth-order valence-corrected chi connectivity index (χ4v) is 2.03. The summed E-state index contributed by atoms with van der Waals surface area (Å²) in [4.78, 5) is 12.8. The summed E-state index contributed by atoms with van der Waals surface area (Å²) in [6, 6.07) is 7.39. The lowest BCUT2D eigenvalue weighted by Gasteiger charge is -2.29. The summed E-state index contributed by atoms with van der Waals surface area (Å²) >= 11 is 0. The second-order valence-electron chi connectivity index (χ2n) is 5.91. The van der Waals surface area contributed by atoms with Crippen LogP contribution in [0.25, 0.3) is 0 Å². The number of benzene rings is 1. The fourth-order valence-electron chi connectivity index (χ4n) is 2.03. The molecule has 0 aliphatic carbocycles. The molecular weight excluding hydrogens is 252 g/mol. The molecule has 0 amide bonds. The van der Waals surface area contributed by atoms with Crippen molar-refractivity contribution in [1.29, 1.82) is 0 Å². The van der Waals surface area contributed by atoms with Gasteiger partial charge in [-0.05, 0) is 30.9 Å². The largest absolute Gasteiger partial charge is 0.493 e. The molecule has 0 aliphatic rings. The summed E-state index contributed by atoms with van der Waals surface area (Å²) in [6.45, 7) is 11.1. The Morgan fingerprint density at radius 3 is 2.40 bits per heavy atom. The normalized spacial score (nSPS) is 13.1. The van der Waals surface area contributed by atoms with E-state index in [0.717, 1.165) is 6.42 Å². The zero-order valence-corrected chi connectivity index (χ0v) is 13.2. The molecule has 0 aromatic heterocycles. The van der Waals surface area contributed by atoms with Crippen LogP contribution < -0.4 is 4.74 Å². The van der Waals surface area contributed by atoms with Crippen LogP contribution >= 0.6 is 0 Å². The Bertz CT molecular complexity index is 432. The van der Waals surface area contributed by atoms with E-state index in [1.165, 1.54) is 0 Å². The third kappa shape index (κ3) is 4.34. The Balaban J connectivity index is 3.05. The summed E-state index contributed by atoms with van der Waals surface area (Å²) in [5, 5.41) is 0. The Hall–Kier alpha value is -1.35. The van der Waals surface area contributed by atoms with E-state index in [0.29, 0.717) is 24.5 Å². The smallest absolute Gasteiger partial charge is 0.195 e. The van der Waals surface area contributed by atoms with E-state index in [1.54, 1.807) is 0 Å². The van der Waals surface area contributed by atoms with Gasteiger partial charge < -0.3 is 9.47 Å². The first-order valence-electron chi connectivity index (χ1n) is 7.29. The molecule has 1 atom stereocenters. The molecule has 0 aliphatic heterocycles. The Labute approximate surface area is 122 Å². The van der Waals surface area contributed by atoms with Gasteiger partial charge in [0.1, 0.15) is 11.9 Å². The van der Waals surface area contributed by atoms with Crippen LogP contribution in [0, 0.1) is 5.41 Å². The van der Waals surface area contributed by atoms with Crippen molar-refractivity contribution in [2.45, 2.75) is 47.1 Å². The van der Waals surface area contributed by atoms with E-state index in [1.807, 2.05) is 58.9 Å². The molecule has 3 nitrogen and oxygen atoms in total. The van der Waals surface area contributed by atoms with Gasteiger partial charge >= 0.3 is 0 Å². The quantitative estimate of drug-likeness (QED) is 0.704. The van der Waals surface area contributed by atoms with Crippen LogP contribution in [-0.2, 0) is 4.74 Å². The first-order chi connectivity index (χ1) is 9.41. The van der Waals surface area contributed by atoms with Crippen molar-refractivity contribution in [2.75, 3.05) is 13.2 Å². The van der Waals surface area contributed by atoms with Crippen LogP contribution in [0.4, 0.5) is 0 Å². The van der Waals surface area contributed by atoms with Crippen molar-refractivity contribution in [3.8, 4) is 5.75 Å². The first kappa shape index (κ1) is 16.7. The van der Waals surface area contributed by atoms with Crippen molar-refractivity contribution in [3.63, 3.8) is 0 Å². The predicted molar refractivity (Wildman–Crippen MR) is 81.4 cm³/mol. The molecule has 1 unspecified atom stereocenters. The molecule has 0 fully saturated rings. The Morgan fingerprint density at radius 2 is 1.85 bits per heavy atom. The van der Waals surface area contributed by atoms with Gasteiger partial charge in [-0.2, -0.15) is 0 Å². The molecule has 1 aromatic rings. The molecule has 3 heteroatoms. The standard InChI is InChI=1S/C17H26O3/c1-6-12-20-14-11-9-8-10-13(14)15(18)16(19-7-2)17(3,4)5/h8-11,16H,6-7,12H2,1-5H3. The molecule has 0 saturated heterocycles. The number of carbonyl (C=O) groups excluding carboxylic acids is 1. The molecule has 0 bridgehead atoms. The van der Waals surface area contributed by atoms with E-state index in [4.69, 9.17) is 9.47 Å². The van der Waals surface area contributed by atoms with Crippen LogP contribution in [-0.4, -0.2) is 25.1 Å². The number of ketones is 1. The molecule has 0 spiro atoms. The summed E-state index contributed by atoms with van der Waals surface area (Å²) in [6.07, 6.45) is 0.454. The number of hydrogen-bond acceptors (Lipinski definition) is 3. The number of hydrogen-bond donors (Lipinski definition) is 0. The van der Waals surface area contributed by atoms with E-state index < -0.39 is 6.10 Å². The zero-order chi connectivity index (χ0) is 15.2. The molecule has 20 heavy (non-hydrogen) atoms. The molecule has 112 valence electrons. The second kappa shape index (κ2) is 7.44. The van der Waals surface area contributed by atoms with E-state index >= 15 is 0 Å². The fraction of sp³-hybridized carbons (Fsp3) is 0.588. The highest BCUT2D eigenvalue weighted by atomic mass is 16.5. The number of carbonyl (C=O) groups is 1. The van der Waals surface area contributed by atoms with Crippen molar-refractivity contribution in [2.24, 2.45) is 5.41 Å². The summed E-state index contributed by atoms with van der Waals surface area (Å²) < 4.78 is 11.3. The summed E-state index contributed by atoms with van der Waals surface area (Å²) in [5.74, 6) is 0.638. The summed E-state index contributed by atoms with van der Waals surface area (Å²) in [7, 11) is 0. The lowest BCUT2D eigenvalue weighted by atomic mass is 9.84. The van der Waals surface area contributed by atoms with Crippen LogP contribution in [0.3, 0.4) is 0 Å². The van der Waals surface area contributed by atoms with Gasteiger partial charge in [0.25, 0.3) is 0 Å². The number of rotatable bonds is 7. The maximum atomic E-state index is 12.8. The minimum absolute atomic E-state index is 0.00828. The molecule has 0 heterocycles. The molecule has 1 aromatic carbocycles. The molecule has 1 rings (SSSR count). The van der Waals surface area contributed by atoms with Crippen molar-refractivity contribution >= 4 is 5.78 Å². The van der Waals surface area contributed by atoms with E-state index in [-0.39, 0.29) is 11.2 Å². The van der Waals surface area contributed by atoms with Gasteiger partial charge in [-0.25, -0.2) is 0 Å². The van der Waals surface area contributed by atoms with Crippen LogP contribution in [0.15, 0.2) is 24.3 Å². The lowest BCUT2D eigenvalue weighted by molar-refractivity contribution is -0.000422. The lowest BCUT2D eigenvalue weighted by Crippen LogP contribution is -2.37. The minimum Gasteiger partial charge on any atom is -0.493 e. The molecule has 0 saturated carbocycles. The topological polar surface area (TPSA) is 35.5 Å². The third-order valence-corrected chi connectivity index (χ3v) is 2.97. The molecular formula is C17H26O3. The Morgan fingerprint density at radius 1 is 1.20 bits per heavy atom. The monoisotopic (exact) mass is 278 g/mol. The minimum atomic E-state index is -0.459. The average Bonchev–Trinajstić information content (AvgIpc) is 2.41. The van der Waals surface area contributed by atoms with Crippen LogP contribution in [0.1, 0.15) is 51.4 Å². The van der Waals surface area contributed by atoms with Crippen LogP contribution in [0.2, 0.25) is 0 Å². The average molecular weight is 278 g/mol. The van der Waals surface area contributed by atoms with Gasteiger partial charge in [-0.15, -0.1) is 0 Å². The maximum Gasteiger partial charge on any atom is 0.195 e. The van der Waals surface area contributed by atoms with Crippen molar-refractivity contribution in [3.05, 3.63) is 29.8 Å². The van der Waals surface area contributed by atoms with Gasteiger partial charge in [-0.3, -0.25) is 4.79 Å². The number of para-hydroxylation sites is 1. The van der Waals surface area contributed by atoms with Gasteiger partial charge in [0.2, 0.25) is 0 Å². The number of ether oxygens (including phenoxy) is 2. The second-order valence-corrected chi connectivity index (χ2v) is 5.91. The summed E-state index contributed by atoms with van der Waals surface area (Å²) in [5.41, 5.74) is 0.361. The highest BCUT2D eigenvalue weighted by Gasteiger charge is 2.33. The van der Waals surface area contributed by atoms with Gasteiger partial charge in [0, 0.05) is 6.61 Å². The molecule has 0 N–H and O–H groups in total. The number of Topliss-reactive ketones (excluding diaryl/α,β-unsaturated/α-hetero) is 1. The molecule has 0 radical (unpaired) electrons.